The molecule has 0 saturated heterocycles. The predicted octanol–water partition coefficient (Wildman–Crippen LogP) is 3.24. The van der Waals surface area contributed by atoms with E-state index in [2.05, 4.69) is 9.98 Å². The van der Waals surface area contributed by atoms with Gasteiger partial charge in [0.2, 0.25) is 11.8 Å². The highest BCUT2D eigenvalue weighted by Crippen LogP contribution is 2.53. The molecule has 3 atom stereocenters. The van der Waals surface area contributed by atoms with Crippen LogP contribution < -0.4 is 0 Å². The van der Waals surface area contributed by atoms with Gasteiger partial charge < -0.3 is 23.6 Å². The van der Waals surface area contributed by atoms with Gasteiger partial charge in [0.1, 0.15) is 12.1 Å². The minimum absolute atomic E-state index is 0.0114. The molecule has 8 nitrogen and oxygen atoms in total. The fraction of sp³-hybridized carbons (Fsp3) is 0.882. The van der Waals surface area contributed by atoms with Crippen LogP contribution in [0.25, 0.3) is 0 Å². The summed E-state index contributed by atoms with van der Waals surface area (Å²) in [6.45, 7) is 12.4. The maximum absolute atomic E-state index is 12.8. The van der Waals surface area contributed by atoms with Crippen molar-refractivity contribution >= 4 is 19.4 Å². The van der Waals surface area contributed by atoms with Crippen molar-refractivity contribution in [2.75, 3.05) is 26.4 Å². The van der Waals surface area contributed by atoms with Gasteiger partial charge in [-0.3, -0.25) is 4.57 Å². The maximum atomic E-state index is 12.8. The van der Waals surface area contributed by atoms with Gasteiger partial charge in [-0.2, -0.15) is 0 Å². The van der Waals surface area contributed by atoms with E-state index in [-0.39, 0.29) is 31.6 Å². The maximum Gasteiger partial charge on any atom is 0.358 e. The van der Waals surface area contributed by atoms with Gasteiger partial charge >= 0.3 is 7.60 Å². The van der Waals surface area contributed by atoms with Crippen molar-refractivity contribution in [2.45, 2.75) is 65.9 Å². The molecule has 0 fully saturated rings. The molecule has 152 valence electrons. The van der Waals surface area contributed by atoms with Crippen LogP contribution in [0.15, 0.2) is 9.98 Å². The molecule has 0 saturated carbocycles. The third-order valence-corrected chi connectivity index (χ3v) is 5.90. The number of hydrogen-bond donors (Lipinski definition) is 1. The van der Waals surface area contributed by atoms with Gasteiger partial charge in [-0.25, -0.2) is 9.98 Å². The first-order chi connectivity index (χ1) is 12.3. The van der Waals surface area contributed by atoms with Crippen LogP contribution >= 0.6 is 7.60 Å². The number of rotatable bonds is 10. The minimum atomic E-state index is -3.66. The van der Waals surface area contributed by atoms with E-state index in [0.717, 1.165) is 0 Å². The summed E-state index contributed by atoms with van der Waals surface area (Å²) in [4.78, 5) is 9.23. The molecular weight excluding hydrogens is 359 g/mol. The number of hydrogen-bond acceptors (Lipinski definition) is 8. The first kappa shape index (κ1) is 23.1. The van der Waals surface area contributed by atoms with Crippen molar-refractivity contribution in [3.63, 3.8) is 0 Å². The van der Waals surface area contributed by atoms with Gasteiger partial charge in [0.05, 0.1) is 26.4 Å². The molecule has 0 bridgehead atoms. The van der Waals surface area contributed by atoms with Crippen molar-refractivity contribution in [1.82, 2.24) is 0 Å². The van der Waals surface area contributed by atoms with Crippen molar-refractivity contribution in [3.8, 4) is 0 Å². The Morgan fingerprint density at radius 2 is 1.50 bits per heavy atom. The minimum Gasteiger partial charge on any atom is -0.480 e. The topological polar surface area (TPSA) is 98.9 Å². The standard InChI is InChI=1S/C17H33N2O6P/c1-7-22-16-13(11-14(20)26(21,24-9-3)25-10-4)18-17(23-8-2)15(19-16)12(5)6/h12-15,20H,7-11H2,1-6H3/t13-,14-,15+/m0/s1. The number of aliphatic imine (C=N–C) groups is 2. The summed E-state index contributed by atoms with van der Waals surface area (Å²) >= 11 is 0. The van der Waals surface area contributed by atoms with Crippen molar-refractivity contribution in [1.29, 1.82) is 0 Å². The lowest BCUT2D eigenvalue weighted by Gasteiger charge is -2.30. The summed E-state index contributed by atoms with van der Waals surface area (Å²) in [5, 5.41) is 10.5. The second-order valence-corrected chi connectivity index (χ2v) is 8.29. The summed E-state index contributed by atoms with van der Waals surface area (Å²) < 4.78 is 34.5. The van der Waals surface area contributed by atoms with Crippen LogP contribution in [0.4, 0.5) is 0 Å². The van der Waals surface area contributed by atoms with Crippen LogP contribution in [0.2, 0.25) is 0 Å². The predicted molar refractivity (Wildman–Crippen MR) is 102 cm³/mol. The molecule has 0 aromatic carbocycles. The van der Waals surface area contributed by atoms with Crippen LogP contribution in [-0.2, 0) is 23.1 Å². The zero-order valence-electron chi connectivity index (χ0n) is 16.7. The molecule has 0 aliphatic carbocycles. The highest BCUT2D eigenvalue weighted by molar-refractivity contribution is 7.54. The molecule has 0 radical (unpaired) electrons. The van der Waals surface area contributed by atoms with E-state index < -0.39 is 19.5 Å². The zero-order chi connectivity index (χ0) is 19.7. The quantitative estimate of drug-likeness (QED) is 0.573. The summed E-state index contributed by atoms with van der Waals surface area (Å²) in [5.41, 5.74) is 0. The Morgan fingerprint density at radius 1 is 0.962 bits per heavy atom. The normalized spacial score (nSPS) is 22.0. The monoisotopic (exact) mass is 392 g/mol. The molecule has 1 heterocycles. The lowest BCUT2D eigenvalue weighted by atomic mass is 10.0. The van der Waals surface area contributed by atoms with Crippen LogP contribution in [0, 0.1) is 5.92 Å². The molecule has 1 rings (SSSR count). The van der Waals surface area contributed by atoms with Crippen LogP contribution in [0.1, 0.15) is 48.0 Å². The van der Waals surface area contributed by atoms with E-state index >= 15 is 0 Å². The van der Waals surface area contributed by atoms with E-state index in [1.54, 1.807) is 13.8 Å². The molecule has 0 unspecified atom stereocenters. The van der Waals surface area contributed by atoms with E-state index in [9.17, 15) is 9.67 Å². The number of nitrogens with zero attached hydrogens (tertiary/aromatic N) is 2. The smallest absolute Gasteiger partial charge is 0.358 e. The Balaban J connectivity index is 3.09. The highest BCUT2D eigenvalue weighted by Gasteiger charge is 2.39. The molecule has 1 aliphatic heterocycles. The van der Waals surface area contributed by atoms with Crippen LogP contribution in [0.5, 0.6) is 0 Å². The average Bonchev–Trinajstić information content (AvgIpc) is 2.57. The molecule has 9 heteroatoms. The first-order valence-electron chi connectivity index (χ1n) is 9.30. The first-order valence-corrected chi connectivity index (χ1v) is 10.9. The Labute approximate surface area is 156 Å². The third-order valence-electron chi connectivity index (χ3n) is 3.72. The summed E-state index contributed by atoms with van der Waals surface area (Å²) in [6.07, 6.45) is 0.0114. The number of aliphatic hydroxyl groups excluding tert-OH is 1. The third kappa shape index (κ3) is 6.05. The Kier molecular flexibility index (Phi) is 9.79. The summed E-state index contributed by atoms with van der Waals surface area (Å²) in [7, 11) is -3.66. The molecule has 0 spiro atoms. The molecule has 0 amide bonds. The lowest BCUT2D eigenvalue weighted by molar-refractivity contribution is 0.140. The summed E-state index contributed by atoms with van der Waals surface area (Å²) in [6, 6.07) is -0.841. The van der Waals surface area contributed by atoms with Gasteiger partial charge in [0.15, 0.2) is 5.85 Å². The van der Waals surface area contributed by atoms with E-state index in [4.69, 9.17) is 18.5 Å². The van der Waals surface area contributed by atoms with Crippen LogP contribution in [-0.4, -0.2) is 61.3 Å². The largest absolute Gasteiger partial charge is 0.480 e. The molecule has 0 aromatic rings. The lowest BCUT2D eigenvalue weighted by Crippen LogP contribution is -2.39. The molecular formula is C17H33N2O6P. The van der Waals surface area contributed by atoms with Gasteiger partial charge in [0.25, 0.3) is 0 Å². The Bertz CT molecular complexity index is 527. The second kappa shape index (κ2) is 11.0. The fourth-order valence-electron chi connectivity index (χ4n) is 2.60. The Hall–Kier alpha value is -0.950. The highest BCUT2D eigenvalue weighted by atomic mass is 31.2. The zero-order valence-corrected chi connectivity index (χ0v) is 17.6. The Morgan fingerprint density at radius 3 is 1.96 bits per heavy atom. The van der Waals surface area contributed by atoms with Crippen molar-refractivity contribution in [3.05, 3.63) is 0 Å². The molecule has 0 aromatic heterocycles. The van der Waals surface area contributed by atoms with Gasteiger partial charge in [0, 0.05) is 6.42 Å². The molecule has 1 N–H and O–H groups in total. The van der Waals surface area contributed by atoms with Gasteiger partial charge in [-0.05, 0) is 33.6 Å². The van der Waals surface area contributed by atoms with E-state index in [1.165, 1.54) is 0 Å². The van der Waals surface area contributed by atoms with E-state index in [1.807, 2.05) is 27.7 Å². The van der Waals surface area contributed by atoms with Crippen molar-refractivity contribution < 1.29 is 28.2 Å². The molecule has 1 aliphatic rings. The molecule has 26 heavy (non-hydrogen) atoms. The van der Waals surface area contributed by atoms with Gasteiger partial charge in [-0.1, -0.05) is 13.8 Å². The van der Waals surface area contributed by atoms with E-state index in [0.29, 0.717) is 25.0 Å². The second-order valence-electron chi connectivity index (χ2n) is 6.10. The fourth-order valence-corrected chi connectivity index (χ4v) is 4.20. The van der Waals surface area contributed by atoms with Crippen LogP contribution in [0.3, 0.4) is 0 Å². The summed E-state index contributed by atoms with van der Waals surface area (Å²) in [5.74, 6) is -0.237. The number of aliphatic hydroxyl groups is 1. The van der Waals surface area contributed by atoms with Gasteiger partial charge in [-0.15, -0.1) is 0 Å². The average molecular weight is 392 g/mol. The SMILES string of the molecule is CCOC1=N[C@H](C(C)C)C(OCC)=N[C@H]1C[C@@H](O)P(=O)(OCC)OCC. The van der Waals surface area contributed by atoms with Crippen molar-refractivity contribution in [2.24, 2.45) is 15.9 Å². The number of ether oxygens (including phenoxy) is 2.